The molecule has 16 heavy (non-hydrogen) atoms. The van der Waals surface area contributed by atoms with Gasteiger partial charge in [-0.2, -0.15) is 5.10 Å². The molecule has 2 aromatic rings. The first kappa shape index (κ1) is 11.1. The maximum atomic E-state index is 13.7. The SMILES string of the molecule is C[C@H](O)c1cccc(F)c1-n1cc(Cl)cn1. The average molecular weight is 241 g/mol. The lowest BCUT2D eigenvalue weighted by Gasteiger charge is -2.12. The smallest absolute Gasteiger partial charge is 0.149 e. The van der Waals surface area contributed by atoms with E-state index < -0.39 is 11.9 Å². The van der Waals surface area contributed by atoms with Crippen molar-refractivity contribution in [3.8, 4) is 5.69 Å². The van der Waals surface area contributed by atoms with Gasteiger partial charge in [-0.3, -0.25) is 0 Å². The van der Waals surface area contributed by atoms with Crippen molar-refractivity contribution in [3.63, 3.8) is 0 Å². The number of aliphatic hydroxyl groups excluding tert-OH is 1. The molecule has 0 spiro atoms. The molecule has 0 aliphatic heterocycles. The number of hydrogen-bond acceptors (Lipinski definition) is 2. The van der Waals surface area contributed by atoms with E-state index >= 15 is 0 Å². The molecule has 5 heteroatoms. The van der Waals surface area contributed by atoms with E-state index in [0.29, 0.717) is 10.6 Å². The topological polar surface area (TPSA) is 38.0 Å². The molecule has 0 radical (unpaired) electrons. The van der Waals surface area contributed by atoms with Crippen molar-refractivity contribution in [3.05, 3.63) is 47.0 Å². The maximum absolute atomic E-state index is 13.7. The second kappa shape index (κ2) is 4.23. The van der Waals surface area contributed by atoms with Crippen LogP contribution >= 0.6 is 11.6 Å². The summed E-state index contributed by atoms with van der Waals surface area (Å²) in [6.07, 6.45) is 2.14. The third kappa shape index (κ3) is 1.94. The van der Waals surface area contributed by atoms with E-state index in [1.165, 1.54) is 23.1 Å². The second-order valence-corrected chi connectivity index (χ2v) is 3.89. The predicted molar refractivity (Wildman–Crippen MR) is 59.2 cm³/mol. The first-order valence-corrected chi connectivity index (χ1v) is 5.14. The fraction of sp³-hybridized carbons (Fsp3) is 0.182. The van der Waals surface area contributed by atoms with Gasteiger partial charge in [0.05, 0.1) is 17.3 Å². The number of rotatable bonds is 2. The quantitative estimate of drug-likeness (QED) is 0.877. The highest BCUT2D eigenvalue weighted by Crippen LogP contribution is 2.24. The van der Waals surface area contributed by atoms with Gasteiger partial charge in [-0.1, -0.05) is 23.7 Å². The number of benzene rings is 1. The number of halogens is 2. The van der Waals surface area contributed by atoms with E-state index in [4.69, 9.17) is 11.6 Å². The van der Waals surface area contributed by atoms with Crippen LogP contribution in [-0.2, 0) is 0 Å². The van der Waals surface area contributed by atoms with Crippen LogP contribution < -0.4 is 0 Å². The van der Waals surface area contributed by atoms with Crippen LogP contribution in [0.4, 0.5) is 4.39 Å². The van der Waals surface area contributed by atoms with E-state index in [1.807, 2.05) is 0 Å². The molecule has 0 aliphatic rings. The Morgan fingerprint density at radius 2 is 2.25 bits per heavy atom. The van der Waals surface area contributed by atoms with Crippen molar-refractivity contribution >= 4 is 11.6 Å². The zero-order valence-electron chi connectivity index (χ0n) is 8.56. The van der Waals surface area contributed by atoms with Crippen LogP contribution in [-0.4, -0.2) is 14.9 Å². The van der Waals surface area contributed by atoms with Crippen molar-refractivity contribution < 1.29 is 9.50 Å². The Morgan fingerprint density at radius 3 is 2.81 bits per heavy atom. The molecule has 1 heterocycles. The normalized spacial score (nSPS) is 12.8. The molecule has 1 atom stereocenters. The van der Waals surface area contributed by atoms with Gasteiger partial charge in [0.15, 0.2) is 0 Å². The Morgan fingerprint density at radius 1 is 1.50 bits per heavy atom. The lowest BCUT2D eigenvalue weighted by molar-refractivity contribution is 0.198. The van der Waals surface area contributed by atoms with Crippen molar-refractivity contribution in [1.29, 1.82) is 0 Å². The molecule has 0 bridgehead atoms. The van der Waals surface area contributed by atoms with Crippen LogP contribution in [0, 0.1) is 5.82 Å². The summed E-state index contributed by atoms with van der Waals surface area (Å²) >= 11 is 5.73. The molecule has 3 nitrogen and oxygen atoms in total. The zero-order valence-corrected chi connectivity index (χ0v) is 9.32. The van der Waals surface area contributed by atoms with Crippen LogP contribution in [0.2, 0.25) is 5.02 Å². The number of nitrogens with zero attached hydrogens (tertiary/aromatic N) is 2. The molecule has 0 amide bonds. The number of aliphatic hydroxyl groups is 1. The molecule has 0 saturated heterocycles. The van der Waals surface area contributed by atoms with Crippen LogP contribution in [0.15, 0.2) is 30.6 Å². The van der Waals surface area contributed by atoms with Gasteiger partial charge in [0.25, 0.3) is 0 Å². The number of hydrogen-bond donors (Lipinski definition) is 1. The Labute approximate surface area is 97.1 Å². The molecule has 0 fully saturated rings. The van der Waals surface area contributed by atoms with E-state index in [-0.39, 0.29) is 5.69 Å². The fourth-order valence-electron chi connectivity index (χ4n) is 1.53. The van der Waals surface area contributed by atoms with Gasteiger partial charge in [0.1, 0.15) is 11.5 Å². The molecule has 0 unspecified atom stereocenters. The van der Waals surface area contributed by atoms with Crippen LogP contribution in [0.5, 0.6) is 0 Å². The summed E-state index contributed by atoms with van der Waals surface area (Å²) in [4.78, 5) is 0. The third-order valence-corrected chi connectivity index (χ3v) is 2.44. The molecular formula is C11H10ClFN2O. The highest BCUT2D eigenvalue weighted by Gasteiger charge is 2.14. The predicted octanol–water partition coefficient (Wildman–Crippen LogP) is 2.72. The lowest BCUT2D eigenvalue weighted by atomic mass is 10.1. The number of aromatic nitrogens is 2. The van der Waals surface area contributed by atoms with Crippen molar-refractivity contribution in [2.24, 2.45) is 0 Å². The Hall–Kier alpha value is -1.39. The van der Waals surface area contributed by atoms with Gasteiger partial charge < -0.3 is 5.11 Å². The summed E-state index contributed by atoms with van der Waals surface area (Å²) in [6.45, 7) is 1.57. The summed E-state index contributed by atoms with van der Waals surface area (Å²) in [5.74, 6) is -0.446. The summed E-state index contributed by atoms with van der Waals surface area (Å²) in [5.41, 5.74) is 0.698. The Bertz CT molecular complexity index is 510. The summed E-state index contributed by atoms with van der Waals surface area (Å²) in [6, 6.07) is 4.52. The van der Waals surface area contributed by atoms with Crippen LogP contribution in [0.25, 0.3) is 5.69 Å². The zero-order chi connectivity index (χ0) is 11.7. The average Bonchev–Trinajstić information content (AvgIpc) is 2.64. The van der Waals surface area contributed by atoms with Gasteiger partial charge >= 0.3 is 0 Å². The summed E-state index contributed by atoms with van der Waals surface area (Å²) in [7, 11) is 0. The largest absolute Gasteiger partial charge is 0.389 e. The fourth-order valence-corrected chi connectivity index (χ4v) is 1.67. The maximum Gasteiger partial charge on any atom is 0.149 e. The van der Waals surface area contributed by atoms with Crippen LogP contribution in [0.1, 0.15) is 18.6 Å². The third-order valence-electron chi connectivity index (χ3n) is 2.25. The molecule has 2 rings (SSSR count). The Balaban J connectivity index is 2.62. The van der Waals surface area contributed by atoms with Crippen molar-refractivity contribution in [1.82, 2.24) is 9.78 Å². The number of para-hydroxylation sites is 1. The molecule has 84 valence electrons. The molecule has 1 aromatic carbocycles. The standard InChI is InChI=1S/C11H10ClFN2O/c1-7(16)9-3-2-4-10(13)11(9)15-6-8(12)5-14-15/h2-7,16H,1H3/t7-/m0/s1. The van der Waals surface area contributed by atoms with Crippen LogP contribution in [0.3, 0.4) is 0 Å². The second-order valence-electron chi connectivity index (χ2n) is 3.46. The highest BCUT2D eigenvalue weighted by molar-refractivity contribution is 6.30. The van der Waals surface area contributed by atoms with Gasteiger partial charge in [0.2, 0.25) is 0 Å². The molecule has 1 aromatic heterocycles. The molecule has 1 N–H and O–H groups in total. The monoisotopic (exact) mass is 240 g/mol. The first-order chi connectivity index (χ1) is 7.59. The van der Waals surface area contributed by atoms with Gasteiger partial charge in [-0.15, -0.1) is 0 Å². The first-order valence-electron chi connectivity index (χ1n) is 4.76. The van der Waals surface area contributed by atoms with Crippen molar-refractivity contribution in [2.75, 3.05) is 0 Å². The molecule has 0 aliphatic carbocycles. The van der Waals surface area contributed by atoms with E-state index in [2.05, 4.69) is 5.10 Å². The van der Waals surface area contributed by atoms with Crippen molar-refractivity contribution in [2.45, 2.75) is 13.0 Å². The van der Waals surface area contributed by atoms with E-state index in [1.54, 1.807) is 19.1 Å². The minimum atomic E-state index is -0.770. The van der Waals surface area contributed by atoms with Gasteiger partial charge in [-0.25, -0.2) is 9.07 Å². The highest BCUT2D eigenvalue weighted by atomic mass is 35.5. The van der Waals surface area contributed by atoms with E-state index in [0.717, 1.165) is 0 Å². The summed E-state index contributed by atoms with van der Waals surface area (Å²) < 4.78 is 15.0. The minimum absolute atomic E-state index is 0.226. The molecular weight excluding hydrogens is 231 g/mol. The van der Waals surface area contributed by atoms with E-state index in [9.17, 15) is 9.50 Å². The molecule has 0 saturated carbocycles. The van der Waals surface area contributed by atoms with Gasteiger partial charge in [-0.05, 0) is 13.0 Å². The minimum Gasteiger partial charge on any atom is -0.389 e. The van der Waals surface area contributed by atoms with Gasteiger partial charge in [0, 0.05) is 11.8 Å². The Kier molecular flexibility index (Phi) is 2.94. The summed E-state index contributed by atoms with van der Waals surface area (Å²) in [5, 5.41) is 13.9. The lowest BCUT2D eigenvalue weighted by Crippen LogP contribution is -2.05.